The Bertz CT molecular complexity index is 1220. The van der Waals surface area contributed by atoms with E-state index in [0.717, 1.165) is 6.08 Å². The molecule has 0 saturated carbocycles. The number of aromatic hydroxyl groups is 2. The van der Waals surface area contributed by atoms with Crippen LogP contribution < -0.4 is 15.4 Å². The van der Waals surface area contributed by atoms with Gasteiger partial charge in [0.05, 0.1) is 11.1 Å². The Morgan fingerprint density at radius 1 is 1.09 bits per heavy atom. The second-order valence-electron chi connectivity index (χ2n) is 9.74. The predicted octanol–water partition coefficient (Wildman–Crippen LogP) is 2.68. The number of ether oxygens (including phenoxy) is 2. The van der Waals surface area contributed by atoms with Crippen LogP contribution in [0.5, 0.6) is 17.2 Å². The lowest BCUT2D eigenvalue weighted by atomic mass is 9.70. The molecule has 0 unspecified atom stereocenters. The summed E-state index contributed by atoms with van der Waals surface area (Å²) in [5.41, 5.74) is -2.20. The molecule has 0 spiro atoms. The summed E-state index contributed by atoms with van der Waals surface area (Å²) in [6.07, 6.45) is 0.556. The van der Waals surface area contributed by atoms with Crippen molar-refractivity contribution in [2.24, 2.45) is 0 Å². The summed E-state index contributed by atoms with van der Waals surface area (Å²) in [7, 11) is 0. The van der Waals surface area contributed by atoms with Gasteiger partial charge in [0.15, 0.2) is 17.3 Å². The number of hydrogen-bond donors (Lipinski definition) is 4. The number of Topliss-reactive ketones (excluding diaryl/α,β-unsaturated/α-hetero) is 2. The number of rotatable bonds is 5. The van der Waals surface area contributed by atoms with E-state index in [1.807, 2.05) is 0 Å². The van der Waals surface area contributed by atoms with Gasteiger partial charge in [0.25, 0.3) is 0 Å². The molecule has 35 heavy (non-hydrogen) atoms. The molecule has 0 radical (unpaired) electrons. The summed E-state index contributed by atoms with van der Waals surface area (Å²) < 4.78 is 10.9. The minimum Gasteiger partial charge on any atom is -0.507 e. The Morgan fingerprint density at radius 2 is 1.69 bits per heavy atom. The number of alkyl carbamates (subject to hydrolysis) is 1. The Balaban J connectivity index is 1.93. The van der Waals surface area contributed by atoms with Gasteiger partial charge in [0.2, 0.25) is 0 Å². The lowest BCUT2D eigenvalue weighted by Crippen LogP contribution is -2.42. The number of nitrogens with one attached hydrogen (secondary N) is 2. The van der Waals surface area contributed by atoms with Crippen LogP contribution in [0.1, 0.15) is 63.0 Å². The summed E-state index contributed by atoms with van der Waals surface area (Å²) in [5, 5.41) is 26.8. The molecular weight excluding hydrogens is 456 g/mol. The first kappa shape index (κ1) is 25.8. The van der Waals surface area contributed by atoms with Crippen molar-refractivity contribution in [3.05, 3.63) is 39.8 Å². The SMILES string of the molecule is CC(=O)c1c(O)c(C)c(O)c2c1OC1=CC(=O)/C(=C(/C)NCCNC(=O)OC(C)(C)C)C(=O)[C@@]12C. The Kier molecular flexibility index (Phi) is 6.45. The molecule has 0 bridgehead atoms. The first-order valence-electron chi connectivity index (χ1n) is 11.1. The first-order valence-corrected chi connectivity index (χ1v) is 11.1. The number of hydrogen-bond acceptors (Lipinski definition) is 9. The minimum atomic E-state index is -1.58. The first-order chi connectivity index (χ1) is 16.1. The van der Waals surface area contributed by atoms with E-state index in [-0.39, 0.29) is 58.3 Å². The molecule has 1 amide bonds. The third-order valence-corrected chi connectivity index (χ3v) is 5.94. The van der Waals surface area contributed by atoms with Gasteiger partial charge in [0.1, 0.15) is 39.6 Å². The quantitative estimate of drug-likeness (QED) is 0.213. The fourth-order valence-electron chi connectivity index (χ4n) is 4.18. The summed E-state index contributed by atoms with van der Waals surface area (Å²) in [6, 6.07) is 0. The summed E-state index contributed by atoms with van der Waals surface area (Å²) in [5.74, 6) is -2.75. The van der Waals surface area contributed by atoms with Crippen molar-refractivity contribution in [1.29, 1.82) is 0 Å². The van der Waals surface area contributed by atoms with Crippen molar-refractivity contribution in [3.8, 4) is 17.2 Å². The number of fused-ring (bicyclic) bond motifs is 3. The van der Waals surface area contributed by atoms with E-state index in [1.165, 1.54) is 20.8 Å². The van der Waals surface area contributed by atoms with Gasteiger partial charge >= 0.3 is 6.09 Å². The second-order valence-corrected chi connectivity index (χ2v) is 9.74. The monoisotopic (exact) mass is 486 g/mol. The summed E-state index contributed by atoms with van der Waals surface area (Å²) in [4.78, 5) is 50.6. The molecular formula is C25H30N2O8. The maximum atomic E-state index is 13.7. The number of phenolic OH excluding ortho intramolecular Hbond substituents is 2. The van der Waals surface area contributed by atoms with Gasteiger partial charge < -0.3 is 30.3 Å². The maximum absolute atomic E-state index is 13.7. The molecule has 1 aliphatic carbocycles. The fourth-order valence-corrected chi connectivity index (χ4v) is 4.18. The van der Waals surface area contributed by atoms with Gasteiger partial charge in [-0.15, -0.1) is 0 Å². The van der Waals surface area contributed by atoms with Gasteiger partial charge in [-0.1, -0.05) is 0 Å². The molecule has 10 nitrogen and oxygen atoms in total. The smallest absolute Gasteiger partial charge is 0.407 e. The Labute approximate surface area is 203 Å². The molecule has 1 aliphatic heterocycles. The number of carbonyl (C=O) groups is 4. The van der Waals surface area contributed by atoms with E-state index >= 15 is 0 Å². The highest BCUT2D eigenvalue weighted by Gasteiger charge is 2.56. The van der Waals surface area contributed by atoms with E-state index in [0.29, 0.717) is 0 Å². The fraction of sp³-hybridized carbons (Fsp3) is 0.440. The third-order valence-electron chi connectivity index (χ3n) is 5.94. The van der Waals surface area contributed by atoms with E-state index in [2.05, 4.69) is 10.6 Å². The van der Waals surface area contributed by atoms with Gasteiger partial charge in [-0.05, 0) is 48.5 Å². The minimum absolute atomic E-state index is 0.0262. The number of carbonyl (C=O) groups excluding carboxylic acids is 4. The van der Waals surface area contributed by atoms with Crippen LogP contribution in [0, 0.1) is 6.92 Å². The lowest BCUT2D eigenvalue weighted by molar-refractivity contribution is -0.123. The molecule has 1 aromatic rings. The maximum Gasteiger partial charge on any atom is 0.407 e. The topological polar surface area (TPSA) is 151 Å². The van der Waals surface area contributed by atoms with Crippen LogP contribution in [0.3, 0.4) is 0 Å². The average molecular weight is 487 g/mol. The summed E-state index contributed by atoms with van der Waals surface area (Å²) >= 11 is 0. The van der Waals surface area contributed by atoms with Crippen LogP contribution in [0.4, 0.5) is 4.79 Å². The zero-order chi connectivity index (χ0) is 26.5. The van der Waals surface area contributed by atoms with E-state index in [4.69, 9.17) is 9.47 Å². The van der Waals surface area contributed by atoms with Crippen molar-refractivity contribution in [1.82, 2.24) is 10.6 Å². The van der Waals surface area contributed by atoms with Crippen LogP contribution in [-0.2, 0) is 19.7 Å². The van der Waals surface area contributed by atoms with Gasteiger partial charge in [-0.25, -0.2) is 4.79 Å². The average Bonchev–Trinajstić information content (AvgIpc) is 3.01. The van der Waals surface area contributed by atoms with Crippen LogP contribution in [0.15, 0.2) is 23.1 Å². The molecule has 1 heterocycles. The molecule has 0 aromatic heterocycles. The van der Waals surface area contributed by atoms with Crippen LogP contribution in [0.2, 0.25) is 0 Å². The molecule has 0 fully saturated rings. The van der Waals surface area contributed by atoms with Gasteiger partial charge in [-0.2, -0.15) is 0 Å². The number of ketones is 3. The van der Waals surface area contributed by atoms with E-state index < -0.39 is 40.2 Å². The normalized spacial score (nSPS) is 20.4. The zero-order valence-electron chi connectivity index (χ0n) is 20.8. The van der Waals surface area contributed by atoms with E-state index in [9.17, 15) is 29.4 Å². The number of allylic oxidation sites excluding steroid dienone is 4. The highest BCUT2D eigenvalue weighted by Crippen LogP contribution is 2.57. The number of benzene rings is 1. The van der Waals surface area contributed by atoms with Crippen molar-refractivity contribution in [2.75, 3.05) is 13.1 Å². The molecule has 1 aromatic carbocycles. The van der Waals surface area contributed by atoms with Crippen molar-refractivity contribution in [3.63, 3.8) is 0 Å². The molecule has 10 heteroatoms. The molecule has 1 atom stereocenters. The largest absolute Gasteiger partial charge is 0.507 e. The van der Waals surface area contributed by atoms with Crippen LogP contribution in [0.25, 0.3) is 0 Å². The standard InChI is InChI=1S/C25H30N2O8/c1-11-19(30)17(13(3)28)21-18(20(11)31)25(7)15(34-21)10-14(29)16(22(25)32)12(2)26-8-9-27-23(33)35-24(4,5)6/h10,26,30-31H,8-9H2,1-7H3,(H,27,33)/b16-12+/t25-/m0/s1. The number of phenols is 2. The highest BCUT2D eigenvalue weighted by atomic mass is 16.6. The van der Waals surface area contributed by atoms with Gasteiger partial charge in [-0.3, -0.25) is 14.4 Å². The Hall–Kier alpha value is -3.82. The van der Waals surface area contributed by atoms with Crippen molar-refractivity contribution in [2.45, 2.75) is 59.5 Å². The summed E-state index contributed by atoms with van der Waals surface area (Å²) in [6.45, 7) is 11.3. The van der Waals surface area contributed by atoms with Crippen LogP contribution in [-0.4, -0.2) is 52.3 Å². The number of amides is 1. The molecule has 3 rings (SSSR count). The van der Waals surface area contributed by atoms with Crippen molar-refractivity contribution >= 4 is 23.4 Å². The van der Waals surface area contributed by atoms with Crippen LogP contribution >= 0.6 is 0 Å². The second kappa shape index (κ2) is 8.75. The molecule has 188 valence electrons. The van der Waals surface area contributed by atoms with Crippen molar-refractivity contribution < 1.29 is 38.9 Å². The predicted molar refractivity (Wildman–Crippen MR) is 126 cm³/mol. The van der Waals surface area contributed by atoms with Gasteiger partial charge in [0, 0.05) is 30.4 Å². The third kappa shape index (κ3) is 4.36. The lowest BCUT2D eigenvalue weighted by Gasteiger charge is -2.29. The zero-order valence-corrected chi connectivity index (χ0v) is 20.8. The Morgan fingerprint density at radius 3 is 2.26 bits per heavy atom. The van der Waals surface area contributed by atoms with E-state index in [1.54, 1.807) is 27.7 Å². The highest BCUT2D eigenvalue weighted by molar-refractivity contribution is 6.31. The molecule has 0 saturated heterocycles. The molecule has 2 aliphatic rings. The molecule has 4 N–H and O–H groups in total.